The SMILES string of the molecule is CCCn1c(CCNC)nc2ccc(F)cc21. The van der Waals surface area contributed by atoms with Crippen LogP contribution in [-0.2, 0) is 13.0 Å². The van der Waals surface area contributed by atoms with Gasteiger partial charge in [0.15, 0.2) is 0 Å². The third-order valence-electron chi connectivity index (χ3n) is 2.84. The Morgan fingerprint density at radius 3 is 2.94 bits per heavy atom. The minimum Gasteiger partial charge on any atom is -0.328 e. The Bertz CT molecular complexity index is 505. The van der Waals surface area contributed by atoms with Crippen LogP contribution in [-0.4, -0.2) is 23.1 Å². The summed E-state index contributed by atoms with van der Waals surface area (Å²) in [6, 6.07) is 4.79. The predicted octanol–water partition coefficient (Wildman–Crippen LogP) is 2.35. The number of benzene rings is 1. The normalized spacial score (nSPS) is 11.2. The summed E-state index contributed by atoms with van der Waals surface area (Å²) >= 11 is 0. The Morgan fingerprint density at radius 1 is 1.41 bits per heavy atom. The molecule has 2 rings (SSSR count). The van der Waals surface area contributed by atoms with Crippen LogP contribution in [0.2, 0.25) is 0 Å². The van der Waals surface area contributed by atoms with Gasteiger partial charge in [0, 0.05) is 19.5 Å². The minimum atomic E-state index is -0.199. The van der Waals surface area contributed by atoms with E-state index in [1.807, 2.05) is 7.05 Å². The third-order valence-corrected chi connectivity index (χ3v) is 2.84. The number of halogens is 1. The number of hydrogen-bond donors (Lipinski definition) is 1. The maximum Gasteiger partial charge on any atom is 0.125 e. The van der Waals surface area contributed by atoms with Gasteiger partial charge >= 0.3 is 0 Å². The number of nitrogens with zero attached hydrogens (tertiary/aromatic N) is 2. The van der Waals surface area contributed by atoms with Crippen molar-refractivity contribution in [2.75, 3.05) is 13.6 Å². The van der Waals surface area contributed by atoms with Crippen LogP contribution in [0.15, 0.2) is 18.2 Å². The summed E-state index contributed by atoms with van der Waals surface area (Å²) in [7, 11) is 1.92. The summed E-state index contributed by atoms with van der Waals surface area (Å²) in [6.07, 6.45) is 1.89. The quantitative estimate of drug-likeness (QED) is 0.862. The summed E-state index contributed by atoms with van der Waals surface area (Å²) in [5.41, 5.74) is 1.78. The van der Waals surface area contributed by atoms with Gasteiger partial charge in [-0.3, -0.25) is 0 Å². The fourth-order valence-corrected chi connectivity index (χ4v) is 2.05. The Morgan fingerprint density at radius 2 is 2.24 bits per heavy atom. The number of likely N-dealkylation sites (N-methyl/N-ethyl adjacent to an activating group) is 1. The zero-order valence-electron chi connectivity index (χ0n) is 10.3. The van der Waals surface area contributed by atoms with E-state index in [-0.39, 0.29) is 5.82 Å². The van der Waals surface area contributed by atoms with Crippen LogP contribution in [0.25, 0.3) is 11.0 Å². The lowest BCUT2D eigenvalue weighted by atomic mass is 10.3. The van der Waals surface area contributed by atoms with Gasteiger partial charge in [0.05, 0.1) is 11.0 Å². The van der Waals surface area contributed by atoms with Gasteiger partial charge in [-0.15, -0.1) is 0 Å². The number of fused-ring (bicyclic) bond motifs is 1. The topological polar surface area (TPSA) is 29.9 Å². The molecule has 0 spiro atoms. The Balaban J connectivity index is 2.46. The Kier molecular flexibility index (Phi) is 3.74. The maximum absolute atomic E-state index is 13.3. The minimum absolute atomic E-state index is 0.199. The highest BCUT2D eigenvalue weighted by Gasteiger charge is 2.10. The van der Waals surface area contributed by atoms with Crippen molar-refractivity contribution in [3.63, 3.8) is 0 Å². The predicted molar refractivity (Wildman–Crippen MR) is 67.6 cm³/mol. The van der Waals surface area contributed by atoms with E-state index in [1.165, 1.54) is 6.07 Å². The van der Waals surface area contributed by atoms with Crippen LogP contribution in [0.3, 0.4) is 0 Å². The van der Waals surface area contributed by atoms with E-state index in [4.69, 9.17) is 0 Å². The van der Waals surface area contributed by atoms with E-state index >= 15 is 0 Å². The van der Waals surface area contributed by atoms with Gasteiger partial charge in [0.25, 0.3) is 0 Å². The first-order valence-electron chi connectivity index (χ1n) is 6.05. The van der Waals surface area contributed by atoms with Gasteiger partial charge in [0.1, 0.15) is 11.6 Å². The Hall–Kier alpha value is -1.42. The van der Waals surface area contributed by atoms with Crippen molar-refractivity contribution in [2.24, 2.45) is 0 Å². The third kappa shape index (κ3) is 2.47. The van der Waals surface area contributed by atoms with Crippen LogP contribution in [0.1, 0.15) is 19.2 Å². The lowest BCUT2D eigenvalue weighted by Crippen LogP contribution is -2.14. The molecule has 3 nitrogen and oxygen atoms in total. The van der Waals surface area contributed by atoms with Crippen molar-refractivity contribution in [3.05, 3.63) is 29.8 Å². The molecule has 1 heterocycles. The number of aromatic nitrogens is 2. The summed E-state index contributed by atoms with van der Waals surface area (Å²) < 4.78 is 15.4. The summed E-state index contributed by atoms with van der Waals surface area (Å²) in [5, 5.41) is 3.11. The van der Waals surface area contributed by atoms with E-state index < -0.39 is 0 Å². The molecule has 0 saturated heterocycles. The van der Waals surface area contributed by atoms with E-state index in [9.17, 15) is 4.39 Å². The lowest BCUT2D eigenvalue weighted by molar-refractivity contribution is 0.621. The molecule has 92 valence electrons. The molecule has 4 heteroatoms. The summed E-state index contributed by atoms with van der Waals surface area (Å²) in [6.45, 7) is 3.89. The molecule has 0 atom stereocenters. The van der Waals surface area contributed by atoms with Crippen molar-refractivity contribution in [1.29, 1.82) is 0 Å². The molecule has 0 bridgehead atoms. The molecule has 1 aromatic heterocycles. The van der Waals surface area contributed by atoms with Crippen LogP contribution < -0.4 is 5.32 Å². The zero-order chi connectivity index (χ0) is 12.3. The summed E-state index contributed by atoms with van der Waals surface area (Å²) in [5.74, 6) is 0.830. The van der Waals surface area contributed by atoms with Crippen LogP contribution in [0.5, 0.6) is 0 Å². The van der Waals surface area contributed by atoms with Crippen LogP contribution >= 0.6 is 0 Å². The number of aryl methyl sites for hydroxylation is 1. The molecule has 0 saturated carbocycles. The average molecular weight is 235 g/mol. The standard InChI is InChI=1S/C13H18FN3/c1-3-8-17-12-9-10(14)4-5-11(12)16-13(17)6-7-15-2/h4-5,9,15H,3,6-8H2,1-2H3. The number of nitrogens with one attached hydrogen (secondary N) is 1. The number of hydrogen-bond acceptors (Lipinski definition) is 2. The van der Waals surface area contributed by atoms with Crippen LogP contribution in [0.4, 0.5) is 4.39 Å². The second kappa shape index (κ2) is 5.27. The van der Waals surface area contributed by atoms with Gasteiger partial charge in [-0.25, -0.2) is 9.37 Å². The molecular weight excluding hydrogens is 217 g/mol. The second-order valence-corrected chi connectivity index (χ2v) is 4.17. The smallest absolute Gasteiger partial charge is 0.125 e. The molecule has 0 radical (unpaired) electrons. The first-order valence-corrected chi connectivity index (χ1v) is 6.05. The monoisotopic (exact) mass is 235 g/mol. The zero-order valence-corrected chi connectivity index (χ0v) is 10.3. The largest absolute Gasteiger partial charge is 0.328 e. The second-order valence-electron chi connectivity index (χ2n) is 4.17. The van der Waals surface area contributed by atoms with E-state index in [1.54, 1.807) is 12.1 Å². The molecule has 0 aliphatic heterocycles. The van der Waals surface area contributed by atoms with Crippen molar-refractivity contribution in [2.45, 2.75) is 26.3 Å². The van der Waals surface area contributed by atoms with E-state index in [2.05, 4.69) is 21.8 Å². The maximum atomic E-state index is 13.3. The molecule has 0 fully saturated rings. The average Bonchev–Trinajstić information content (AvgIpc) is 2.65. The van der Waals surface area contributed by atoms with Gasteiger partial charge in [-0.1, -0.05) is 6.92 Å². The van der Waals surface area contributed by atoms with Crippen molar-refractivity contribution in [3.8, 4) is 0 Å². The van der Waals surface area contributed by atoms with Gasteiger partial charge in [0.2, 0.25) is 0 Å². The van der Waals surface area contributed by atoms with Crippen LogP contribution in [0, 0.1) is 5.82 Å². The first kappa shape index (κ1) is 12.0. The highest BCUT2D eigenvalue weighted by molar-refractivity contribution is 5.76. The molecule has 0 aliphatic rings. The molecule has 0 amide bonds. The molecule has 17 heavy (non-hydrogen) atoms. The van der Waals surface area contributed by atoms with E-state index in [0.29, 0.717) is 0 Å². The Labute approximate surface area is 101 Å². The van der Waals surface area contributed by atoms with Crippen molar-refractivity contribution >= 4 is 11.0 Å². The lowest BCUT2D eigenvalue weighted by Gasteiger charge is -2.07. The van der Waals surface area contributed by atoms with Gasteiger partial charge < -0.3 is 9.88 Å². The molecule has 0 unspecified atom stereocenters. The van der Waals surface area contributed by atoms with E-state index in [0.717, 1.165) is 42.8 Å². The van der Waals surface area contributed by atoms with Crippen molar-refractivity contribution < 1.29 is 4.39 Å². The number of imidazole rings is 1. The molecule has 1 N–H and O–H groups in total. The fourth-order valence-electron chi connectivity index (χ4n) is 2.05. The molecule has 1 aromatic carbocycles. The van der Waals surface area contributed by atoms with Gasteiger partial charge in [-0.05, 0) is 31.7 Å². The van der Waals surface area contributed by atoms with Crippen molar-refractivity contribution in [1.82, 2.24) is 14.9 Å². The summed E-state index contributed by atoms with van der Waals surface area (Å²) in [4.78, 5) is 4.57. The fraction of sp³-hybridized carbons (Fsp3) is 0.462. The molecule has 0 aliphatic carbocycles. The first-order chi connectivity index (χ1) is 8.26. The van der Waals surface area contributed by atoms with Gasteiger partial charge in [-0.2, -0.15) is 0 Å². The highest BCUT2D eigenvalue weighted by Crippen LogP contribution is 2.18. The highest BCUT2D eigenvalue weighted by atomic mass is 19.1. The number of rotatable bonds is 5. The molecule has 2 aromatic rings. The molecular formula is C13H18FN3.